The predicted molar refractivity (Wildman–Crippen MR) is 85.8 cm³/mol. The number of amides is 2. The molecule has 2 rings (SSSR count). The van der Waals surface area contributed by atoms with Crippen LogP contribution in [-0.2, 0) is 16.0 Å². The Kier molecular flexibility index (Phi) is 5.94. The highest BCUT2D eigenvalue weighted by molar-refractivity contribution is 9.10. The molecule has 0 radical (unpaired) electrons. The van der Waals surface area contributed by atoms with Crippen molar-refractivity contribution in [3.05, 3.63) is 34.1 Å². The van der Waals surface area contributed by atoms with Crippen LogP contribution in [0.1, 0.15) is 25.3 Å². The van der Waals surface area contributed by atoms with Crippen molar-refractivity contribution in [1.82, 2.24) is 10.2 Å². The van der Waals surface area contributed by atoms with E-state index in [-0.39, 0.29) is 23.5 Å². The largest absolute Gasteiger partial charge is 0.355 e. The molecule has 6 heteroatoms. The Morgan fingerprint density at radius 2 is 2.23 bits per heavy atom. The number of piperidine rings is 1. The first-order valence-corrected chi connectivity index (χ1v) is 8.24. The van der Waals surface area contributed by atoms with Crippen molar-refractivity contribution in [3.63, 3.8) is 0 Å². The first kappa shape index (κ1) is 16.9. The van der Waals surface area contributed by atoms with Crippen LogP contribution in [0.4, 0.5) is 4.39 Å². The van der Waals surface area contributed by atoms with Crippen molar-refractivity contribution in [2.75, 3.05) is 19.6 Å². The average molecular weight is 371 g/mol. The van der Waals surface area contributed by atoms with Crippen LogP contribution in [-0.4, -0.2) is 36.3 Å². The van der Waals surface area contributed by atoms with E-state index < -0.39 is 0 Å². The van der Waals surface area contributed by atoms with E-state index >= 15 is 0 Å². The Morgan fingerprint density at radius 1 is 1.45 bits per heavy atom. The van der Waals surface area contributed by atoms with Crippen LogP contribution in [0.2, 0.25) is 0 Å². The normalized spacial score (nSPS) is 18.1. The Morgan fingerprint density at radius 3 is 2.91 bits per heavy atom. The molecule has 1 N–H and O–H groups in total. The molecule has 1 atom stereocenters. The van der Waals surface area contributed by atoms with Gasteiger partial charge in [0.1, 0.15) is 5.82 Å². The maximum atomic E-state index is 13.1. The fourth-order valence-corrected chi connectivity index (χ4v) is 3.07. The molecule has 0 bridgehead atoms. The number of nitrogens with one attached hydrogen (secondary N) is 1. The first-order chi connectivity index (χ1) is 10.5. The summed E-state index contributed by atoms with van der Waals surface area (Å²) < 4.78 is 13.6. The van der Waals surface area contributed by atoms with E-state index in [0.717, 1.165) is 24.9 Å². The molecule has 0 aromatic heterocycles. The van der Waals surface area contributed by atoms with E-state index in [4.69, 9.17) is 0 Å². The summed E-state index contributed by atoms with van der Waals surface area (Å²) in [5.41, 5.74) is 0.961. The molecule has 2 amide bonds. The van der Waals surface area contributed by atoms with Crippen LogP contribution in [0, 0.1) is 11.7 Å². The van der Waals surface area contributed by atoms with Crippen LogP contribution < -0.4 is 5.32 Å². The van der Waals surface area contributed by atoms with E-state index in [0.29, 0.717) is 24.0 Å². The highest BCUT2D eigenvalue weighted by Gasteiger charge is 2.26. The molecule has 0 unspecified atom stereocenters. The standard InChI is InChI=1S/C16H20BrFN2O2/c1-11(21)20-8-2-3-13(10-20)16(22)19-7-6-12-4-5-15(18)14(17)9-12/h4-5,9,13H,2-3,6-8,10H2,1H3,(H,19,22)/t13-/m1/s1. The molecule has 1 aromatic carbocycles. The number of carbonyl (C=O) groups is 2. The maximum Gasteiger partial charge on any atom is 0.224 e. The summed E-state index contributed by atoms with van der Waals surface area (Å²) in [5, 5.41) is 2.91. The van der Waals surface area contributed by atoms with Gasteiger partial charge >= 0.3 is 0 Å². The molecular weight excluding hydrogens is 351 g/mol. The highest BCUT2D eigenvalue weighted by Crippen LogP contribution is 2.18. The monoisotopic (exact) mass is 370 g/mol. The lowest BCUT2D eigenvalue weighted by Crippen LogP contribution is -2.45. The zero-order valence-corrected chi connectivity index (χ0v) is 14.2. The van der Waals surface area contributed by atoms with Gasteiger partial charge in [-0.05, 0) is 52.9 Å². The van der Waals surface area contributed by atoms with Crippen molar-refractivity contribution in [3.8, 4) is 0 Å². The summed E-state index contributed by atoms with van der Waals surface area (Å²) >= 11 is 3.15. The van der Waals surface area contributed by atoms with Crippen LogP contribution in [0.15, 0.2) is 22.7 Å². The van der Waals surface area contributed by atoms with Crippen molar-refractivity contribution >= 4 is 27.7 Å². The molecule has 22 heavy (non-hydrogen) atoms. The van der Waals surface area contributed by atoms with E-state index in [1.165, 1.54) is 13.0 Å². The van der Waals surface area contributed by atoms with Gasteiger partial charge in [0.15, 0.2) is 0 Å². The van der Waals surface area contributed by atoms with Crippen molar-refractivity contribution in [2.45, 2.75) is 26.2 Å². The second-order valence-electron chi connectivity index (χ2n) is 5.59. The number of benzene rings is 1. The molecule has 0 saturated carbocycles. The van der Waals surface area contributed by atoms with Crippen molar-refractivity contribution in [2.24, 2.45) is 5.92 Å². The Hall–Kier alpha value is -1.43. The van der Waals surface area contributed by atoms with E-state index in [1.54, 1.807) is 17.0 Å². The second kappa shape index (κ2) is 7.72. The topological polar surface area (TPSA) is 49.4 Å². The minimum atomic E-state index is -0.292. The molecule has 120 valence electrons. The molecule has 1 saturated heterocycles. The number of nitrogens with zero attached hydrogens (tertiary/aromatic N) is 1. The van der Waals surface area contributed by atoms with E-state index in [9.17, 15) is 14.0 Å². The van der Waals surface area contributed by atoms with Gasteiger partial charge in [-0.1, -0.05) is 6.07 Å². The number of halogens is 2. The molecular formula is C16H20BrFN2O2. The fourth-order valence-electron chi connectivity index (χ4n) is 2.65. The molecule has 1 aliphatic heterocycles. The third-order valence-electron chi connectivity index (χ3n) is 3.93. The van der Waals surface area contributed by atoms with Gasteiger partial charge < -0.3 is 10.2 Å². The lowest BCUT2D eigenvalue weighted by molar-refractivity contribution is -0.133. The van der Waals surface area contributed by atoms with Crippen LogP contribution >= 0.6 is 15.9 Å². The van der Waals surface area contributed by atoms with Gasteiger partial charge in [-0.15, -0.1) is 0 Å². The average Bonchev–Trinajstić information content (AvgIpc) is 2.51. The Labute approximate surface area is 138 Å². The zero-order chi connectivity index (χ0) is 16.1. The molecule has 1 aliphatic rings. The number of carbonyl (C=O) groups excluding carboxylic acids is 2. The lowest BCUT2D eigenvalue weighted by Gasteiger charge is -2.31. The Bertz CT molecular complexity index is 565. The number of likely N-dealkylation sites (tertiary alicyclic amines) is 1. The quantitative estimate of drug-likeness (QED) is 0.884. The van der Waals surface area contributed by atoms with Gasteiger partial charge in [0.05, 0.1) is 10.4 Å². The van der Waals surface area contributed by atoms with Gasteiger partial charge in [0.25, 0.3) is 0 Å². The van der Waals surface area contributed by atoms with Gasteiger partial charge in [-0.2, -0.15) is 0 Å². The third kappa shape index (κ3) is 4.53. The fraction of sp³-hybridized carbons (Fsp3) is 0.500. The van der Waals surface area contributed by atoms with Gasteiger partial charge in [-0.25, -0.2) is 4.39 Å². The summed E-state index contributed by atoms with van der Waals surface area (Å²) in [7, 11) is 0. The molecule has 1 heterocycles. The predicted octanol–water partition coefficient (Wildman–Crippen LogP) is 2.51. The summed E-state index contributed by atoms with van der Waals surface area (Å²) in [6.07, 6.45) is 2.33. The van der Waals surface area contributed by atoms with Crippen molar-refractivity contribution < 1.29 is 14.0 Å². The van der Waals surface area contributed by atoms with Crippen LogP contribution in [0.3, 0.4) is 0 Å². The number of rotatable bonds is 4. The molecule has 4 nitrogen and oxygen atoms in total. The number of hydrogen-bond acceptors (Lipinski definition) is 2. The van der Waals surface area contributed by atoms with Crippen molar-refractivity contribution in [1.29, 1.82) is 0 Å². The molecule has 0 aliphatic carbocycles. The van der Waals surface area contributed by atoms with Crippen LogP contribution in [0.25, 0.3) is 0 Å². The number of hydrogen-bond donors (Lipinski definition) is 1. The van der Waals surface area contributed by atoms with Gasteiger partial charge in [0, 0.05) is 26.6 Å². The molecule has 1 fully saturated rings. The lowest BCUT2D eigenvalue weighted by atomic mass is 9.97. The summed E-state index contributed by atoms with van der Waals surface area (Å²) in [5.74, 6) is -0.405. The first-order valence-electron chi connectivity index (χ1n) is 7.44. The molecule has 1 aromatic rings. The molecule has 0 spiro atoms. The maximum absolute atomic E-state index is 13.1. The van der Waals surface area contributed by atoms with Crippen LogP contribution in [0.5, 0.6) is 0 Å². The third-order valence-corrected chi connectivity index (χ3v) is 4.54. The zero-order valence-electron chi connectivity index (χ0n) is 12.6. The summed E-state index contributed by atoms with van der Waals surface area (Å²) in [6.45, 7) is 3.28. The summed E-state index contributed by atoms with van der Waals surface area (Å²) in [4.78, 5) is 25.3. The Balaban J connectivity index is 1.79. The smallest absolute Gasteiger partial charge is 0.224 e. The minimum Gasteiger partial charge on any atom is -0.355 e. The van der Waals surface area contributed by atoms with E-state index in [2.05, 4.69) is 21.2 Å². The van der Waals surface area contributed by atoms with Gasteiger partial charge in [0.2, 0.25) is 11.8 Å². The highest BCUT2D eigenvalue weighted by atomic mass is 79.9. The minimum absolute atomic E-state index is 0.00729. The SMILES string of the molecule is CC(=O)N1CCC[C@@H](C(=O)NCCc2ccc(F)c(Br)c2)C1. The van der Waals surface area contributed by atoms with E-state index in [1.807, 2.05) is 0 Å². The second-order valence-corrected chi connectivity index (χ2v) is 6.45. The summed E-state index contributed by atoms with van der Waals surface area (Å²) in [6, 6.07) is 4.84. The van der Waals surface area contributed by atoms with Gasteiger partial charge in [-0.3, -0.25) is 9.59 Å².